The van der Waals surface area contributed by atoms with Crippen LogP contribution >= 0.6 is 0 Å². The number of para-hydroxylation sites is 1. The Morgan fingerprint density at radius 1 is 1.04 bits per heavy atom. The molecule has 2 aromatic heterocycles. The summed E-state index contributed by atoms with van der Waals surface area (Å²) in [6.07, 6.45) is 2.90. The summed E-state index contributed by atoms with van der Waals surface area (Å²) < 4.78 is 0. The minimum absolute atomic E-state index is 0.0968. The third-order valence-electron chi connectivity index (χ3n) is 3.69. The molecule has 2 heterocycles. The summed E-state index contributed by atoms with van der Waals surface area (Å²) in [5, 5.41) is 14.6. The fourth-order valence-corrected chi connectivity index (χ4v) is 2.38. The lowest BCUT2D eigenvalue weighted by Crippen LogP contribution is -2.15. The zero-order chi connectivity index (χ0) is 17.8. The lowest BCUT2D eigenvalue weighted by atomic mass is 10.2. The van der Waals surface area contributed by atoms with Crippen LogP contribution in [0.2, 0.25) is 0 Å². The molecule has 0 unspecified atom stereocenters. The van der Waals surface area contributed by atoms with E-state index in [1.54, 1.807) is 24.2 Å². The van der Waals surface area contributed by atoms with Crippen LogP contribution in [0.3, 0.4) is 0 Å². The Morgan fingerprint density at radius 2 is 1.80 bits per heavy atom. The fraction of sp³-hybridized carbons (Fsp3) is 0.118. The van der Waals surface area contributed by atoms with Gasteiger partial charge < -0.3 is 10.2 Å². The summed E-state index contributed by atoms with van der Waals surface area (Å²) in [7, 11) is 1.72. The van der Waals surface area contributed by atoms with Crippen molar-refractivity contribution in [1.29, 1.82) is 0 Å². The smallest absolute Gasteiger partial charge is 0.324 e. The van der Waals surface area contributed by atoms with E-state index in [9.17, 15) is 10.1 Å². The molecular formula is C17H16N6O2. The molecule has 0 amide bonds. The number of hydrogen-bond acceptors (Lipinski definition) is 7. The molecule has 0 aliphatic heterocycles. The molecule has 1 N–H and O–H groups in total. The zero-order valence-electron chi connectivity index (χ0n) is 13.7. The minimum atomic E-state index is -0.491. The summed E-state index contributed by atoms with van der Waals surface area (Å²) in [6.45, 7) is 1.86. The third kappa shape index (κ3) is 3.37. The highest BCUT2D eigenvalue weighted by atomic mass is 16.6. The molecule has 126 valence electrons. The fourth-order valence-electron chi connectivity index (χ4n) is 2.38. The molecular weight excluding hydrogens is 320 g/mol. The number of hydrogen-bond donors (Lipinski definition) is 1. The molecule has 0 bridgehead atoms. The van der Waals surface area contributed by atoms with E-state index in [0.29, 0.717) is 5.82 Å². The van der Waals surface area contributed by atoms with Gasteiger partial charge in [-0.3, -0.25) is 10.1 Å². The van der Waals surface area contributed by atoms with Crippen molar-refractivity contribution in [3.05, 3.63) is 70.7 Å². The lowest BCUT2D eigenvalue weighted by molar-refractivity contribution is -0.383. The van der Waals surface area contributed by atoms with Crippen LogP contribution < -0.4 is 10.2 Å². The molecule has 0 aliphatic rings. The minimum Gasteiger partial charge on any atom is -0.324 e. The maximum absolute atomic E-state index is 11.7. The monoisotopic (exact) mass is 336 g/mol. The molecule has 0 aliphatic carbocycles. The number of nitrogens with zero attached hydrogens (tertiary/aromatic N) is 5. The van der Waals surface area contributed by atoms with Crippen molar-refractivity contribution in [3.8, 4) is 0 Å². The third-order valence-corrected chi connectivity index (χ3v) is 3.69. The van der Waals surface area contributed by atoms with Crippen molar-refractivity contribution < 1.29 is 4.92 Å². The number of aryl methyl sites for hydroxylation is 1. The average molecular weight is 336 g/mol. The first-order valence-corrected chi connectivity index (χ1v) is 7.54. The Bertz CT molecular complexity index is 901. The second-order valence-electron chi connectivity index (χ2n) is 5.34. The van der Waals surface area contributed by atoms with Crippen LogP contribution in [0, 0.1) is 17.0 Å². The first kappa shape index (κ1) is 16.3. The molecule has 0 fully saturated rings. The number of aromatic nitrogens is 3. The van der Waals surface area contributed by atoms with Crippen molar-refractivity contribution >= 4 is 28.8 Å². The Labute approximate surface area is 144 Å². The van der Waals surface area contributed by atoms with E-state index < -0.39 is 4.92 Å². The van der Waals surface area contributed by atoms with Crippen molar-refractivity contribution in [2.24, 2.45) is 0 Å². The van der Waals surface area contributed by atoms with E-state index in [1.807, 2.05) is 43.3 Å². The summed E-state index contributed by atoms with van der Waals surface area (Å²) in [5.74, 6) is 0.805. The molecule has 0 saturated heterocycles. The van der Waals surface area contributed by atoms with Gasteiger partial charge in [0.1, 0.15) is 12.1 Å². The van der Waals surface area contributed by atoms with E-state index in [0.717, 1.165) is 11.3 Å². The molecule has 8 heteroatoms. The van der Waals surface area contributed by atoms with Gasteiger partial charge in [-0.25, -0.2) is 15.0 Å². The average Bonchev–Trinajstić information content (AvgIpc) is 2.63. The molecule has 3 aromatic rings. The van der Waals surface area contributed by atoms with Gasteiger partial charge in [0.2, 0.25) is 11.6 Å². The Balaban J connectivity index is 2.06. The second-order valence-corrected chi connectivity index (χ2v) is 5.34. The van der Waals surface area contributed by atoms with Gasteiger partial charge in [-0.05, 0) is 30.7 Å². The molecule has 0 radical (unpaired) electrons. The number of benzene rings is 1. The number of rotatable bonds is 5. The zero-order valence-corrected chi connectivity index (χ0v) is 13.7. The van der Waals surface area contributed by atoms with Crippen LogP contribution in [0.1, 0.15) is 5.56 Å². The maximum Gasteiger partial charge on any atom is 0.354 e. The second kappa shape index (κ2) is 6.91. The highest BCUT2D eigenvalue weighted by Crippen LogP contribution is 2.35. The van der Waals surface area contributed by atoms with Crippen LogP contribution in [0.4, 0.5) is 28.8 Å². The van der Waals surface area contributed by atoms with Gasteiger partial charge >= 0.3 is 5.69 Å². The van der Waals surface area contributed by atoms with Gasteiger partial charge in [0.15, 0.2) is 0 Å². The quantitative estimate of drug-likeness (QED) is 0.561. The molecule has 3 rings (SSSR count). The lowest BCUT2D eigenvalue weighted by Gasteiger charge is -2.18. The van der Waals surface area contributed by atoms with Crippen LogP contribution in [-0.4, -0.2) is 26.9 Å². The van der Waals surface area contributed by atoms with Gasteiger partial charge in [0, 0.05) is 18.9 Å². The molecule has 0 spiro atoms. The number of anilines is 4. The first-order chi connectivity index (χ1) is 12.1. The van der Waals surface area contributed by atoms with Gasteiger partial charge in [-0.1, -0.05) is 24.3 Å². The van der Waals surface area contributed by atoms with Gasteiger partial charge in [0.05, 0.1) is 4.92 Å². The highest BCUT2D eigenvalue weighted by Gasteiger charge is 2.26. The van der Waals surface area contributed by atoms with Crippen LogP contribution in [-0.2, 0) is 0 Å². The summed E-state index contributed by atoms with van der Waals surface area (Å²) in [6, 6.07) is 12.9. The van der Waals surface area contributed by atoms with Crippen LogP contribution in [0.25, 0.3) is 0 Å². The predicted octanol–water partition coefficient (Wildman–Crippen LogP) is 3.60. The molecule has 25 heavy (non-hydrogen) atoms. The number of pyridine rings is 1. The standard InChI is InChI=1S/C17H16N6O2/c1-12-7-6-10-18-15(12)21-16-14(23(24)25)17(20-11-19-16)22(2)13-8-4-3-5-9-13/h3-11H,1-2H3,(H,18,19,20,21). The van der Waals surface area contributed by atoms with E-state index in [-0.39, 0.29) is 17.3 Å². The van der Waals surface area contributed by atoms with Crippen molar-refractivity contribution in [2.45, 2.75) is 6.92 Å². The predicted molar refractivity (Wildman–Crippen MR) is 95.4 cm³/mol. The Kier molecular flexibility index (Phi) is 4.51. The SMILES string of the molecule is Cc1cccnc1Nc1ncnc(N(C)c2ccccc2)c1[N+](=O)[O-]. The van der Waals surface area contributed by atoms with Crippen molar-refractivity contribution in [2.75, 3.05) is 17.3 Å². The molecule has 1 aromatic carbocycles. The largest absolute Gasteiger partial charge is 0.354 e. The normalized spacial score (nSPS) is 10.3. The van der Waals surface area contributed by atoms with E-state index in [2.05, 4.69) is 20.3 Å². The maximum atomic E-state index is 11.7. The first-order valence-electron chi connectivity index (χ1n) is 7.54. The number of nitro groups is 1. The Morgan fingerprint density at radius 3 is 2.48 bits per heavy atom. The van der Waals surface area contributed by atoms with E-state index >= 15 is 0 Å². The van der Waals surface area contributed by atoms with Gasteiger partial charge in [0.25, 0.3) is 0 Å². The van der Waals surface area contributed by atoms with Crippen LogP contribution in [0.15, 0.2) is 55.0 Å². The van der Waals surface area contributed by atoms with Crippen molar-refractivity contribution in [1.82, 2.24) is 15.0 Å². The van der Waals surface area contributed by atoms with Gasteiger partial charge in [-0.2, -0.15) is 0 Å². The topological polar surface area (TPSA) is 97.1 Å². The van der Waals surface area contributed by atoms with E-state index in [4.69, 9.17) is 0 Å². The van der Waals surface area contributed by atoms with Crippen molar-refractivity contribution in [3.63, 3.8) is 0 Å². The summed E-state index contributed by atoms with van der Waals surface area (Å²) >= 11 is 0. The van der Waals surface area contributed by atoms with E-state index in [1.165, 1.54) is 6.33 Å². The molecule has 8 nitrogen and oxygen atoms in total. The molecule has 0 atom stereocenters. The Hall–Kier alpha value is -3.55. The molecule has 0 saturated carbocycles. The number of nitrogens with one attached hydrogen (secondary N) is 1. The summed E-state index contributed by atoms with van der Waals surface area (Å²) in [4.78, 5) is 25.2. The summed E-state index contributed by atoms with van der Waals surface area (Å²) in [5.41, 5.74) is 1.43. The highest BCUT2D eigenvalue weighted by molar-refractivity contribution is 5.77. The van der Waals surface area contributed by atoms with Gasteiger partial charge in [-0.15, -0.1) is 0 Å². The van der Waals surface area contributed by atoms with Crippen LogP contribution in [0.5, 0.6) is 0 Å².